The zero-order valence-electron chi connectivity index (χ0n) is 13.9. The largest absolute Gasteiger partial charge is 0.361 e. The molecule has 126 valence electrons. The van der Waals surface area contributed by atoms with Crippen LogP contribution in [0.4, 0.5) is 0 Å². The maximum Gasteiger partial charge on any atom is 0.208 e. The number of aliphatic hydroxyl groups is 1. The maximum atomic E-state index is 12.7. The normalized spacial score (nSPS) is 24.7. The van der Waals surface area contributed by atoms with Gasteiger partial charge in [-0.2, -0.15) is 0 Å². The van der Waals surface area contributed by atoms with Crippen LogP contribution in [0.25, 0.3) is 0 Å². The molecule has 4 heteroatoms. The SMILES string of the molecule is CCN1CCO[C@](O)(c2ccccc2)[C@H]1CC(=O)c1ccccc1. The molecule has 3 rings (SSSR count). The smallest absolute Gasteiger partial charge is 0.208 e. The molecule has 4 nitrogen and oxygen atoms in total. The molecule has 2 atom stereocenters. The number of ketones is 1. The number of hydrogen-bond donors (Lipinski definition) is 1. The van der Waals surface area contributed by atoms with E-state index in [4.69, 9.17) is 4.74 Å². The number of morpholine rings is 1. The van der Waals surface area contributed by atoms with Gasteiger partial charge in [-0.25, -0.2) is 0 Å². The molecule has 0 spiro atoms. The minimum atomic E-state index is -1.47. The Labute approximate surface area is 142 Å². The lowest BCUT2D eigenvalue weighted by molar-refractivity contribution is -0.277. The first-order chi connectivity index (χ1) is 11.6. The van der Waals surface area contributed by atoms with Crippen molar-refractivity contribution in [1.82, 2.24) is 4.90 Å². The molecule has 2 aromatic carbocycles. The number of carbonyl (C=O) groups excluding carboxylic acids is 1. The van der Waals surface area contributed by atoms with Crippen LogP contribution in [-0.2, 0) is 10.5 Å². The molecule has 2 aromatic rings. The fraction of sp³-hybridized carbons (Fsp3) is 0.350. The van der Waals surface area contributed by atoms with Crippen LogP contribution < -0.4 is 0 Å². The monoisotopic (exact) mass is 325 g/mol. The van der Waals surface area contributed by atoms with E-state index in [0.717, 1.165) is 6.54 Å². The van der Waals surface area contributed by atoms with Crippen LogP contribution >= 0.6 is 0 Å². The predicted octanol–water partition coefficient (Wildman–Crippen LogP) is 2.83. The van der Waals surface area contributed by atoms with Gasteiger partial charge in [0.15, 0.2) is 5.78 Å². The second-order valence-electron chi connectivity index (χ2n) is 6.05. The van der Waals surface area contributed by atoms with Crippen molar-refractivity contribution in [3.63, 3.8) is 0 Å². The third-order valence-electron chi connectivity index (χ3n) is 4.66. The average molecular weight is 325 g/mol. The molecule has 1 aliphatic heterocycles. The van der Waals surface area contributed by atoms with Gasteiger partial charge in [0.25, 0.3) is 0 Å². The molecule has 1 aliphatic rings. The van der Waals surface area contributed by atoms with Crippen LogP contribution in [-0.4, -0.2) is 41.5 Å². The van der Waals surface area contributed by atoms with Crippen molar-refractivity contribution < 1.29 is 14.6 Å². The Morgan fingerprint density at radius 1 is 1.17 bits per heavy atom. The summed E-state index contributed by atoms with van der Waals surface area (Å²) in [5, 5.41) is 11.3. The van der Waals surface area contributed by atoms with Gasteiger partial charge in [0.05, 0.1) is 12.6 Å². The third kappa shape index (κ3) is 3.26. The van der Waals surface area contributed by atoms with E-state index in [0.29, 0.717) is 24.3 Å². The van der Waals surface area contributed by atoms with Crippen molar-refractivity contribution in [2.75, 3.05) is 19.7 Å². The van der Waals surface area contributed by atoms with Crippen LogP contribution in [0.5, 0.6) is 0 Å². The molecule has 1 N–H and O–H groups in total. The predicted molar refractivity (Wildman–Crippen MR) is 92.7 cm³/mol. The van der Waals surface area contributed by atoms with Gasteiger partial charge < -0.3 is 9.84 Å². The molecule has 0 radical (unpaired) electrons. The molecule has 1 heterocycles. The molecule has 1 fully saturated rings. The Morgan fingerprint density at radius 3 is 2.42 bits per heavy atom. The molecule has 0 amide bonds. The molecular formula is C20H23NO3. The summed E-state index contributed by atoms with van der Waals surface area (Å²) in [6.07, 6.45) is 0.212. The highest BCUT2D eigenvalue weighted by Gasteiger charge is 2.46. The first-order valence-corrected chi connectivity index (χ1v) is 8.39. The highest BCUT2D eigenvalue weighted by atomic mass is 16.6. The van der Waals surface area contributed by atoms with E-state index in [1.807, 2.05) is 67.6 Å². The van der Waals surface area contributed by atoms with Crippen molar-refractivity contribution in [2.24, 2.45) is 0 Å². The molecule has 0 bridgehead atoms. The van der Waals surface area contributed by atoms with Gasteiger partial charge >= 0.3 is 0 Å². The van der Waals surface area contributed by atoms with Crippen molar-refractivity contribution in [3.05, 3.63) is 71.8 Å². The van der Waals surface area contributed by atoms with Crippen LogP contribution in [0, 0.1) is 0 Å². The van der Waals surface area contributed by atoms with E-state index >= 15 is 0 Å². The summed E-state index contributed by atoms with van der Waals surface area (Å²) in [6.45, 7) is 3.94. The Morgan fingerprint density at radius 2 is 1.79 bits per heavy atom. The molecule has 24 heavy (non-hydrogen) atoms. The van der Waals surface area contributed by atoms with Crippen molar-refractivity contribution >= 4 is 5.78 Å². The van der Waals surface area contributed by atoms with Gasteiger partial charge in [0, 0.05) is 24.1 Å². The van der Waals surface area contributed by atoms with Crippen LogP contribution in [0.15, 0.2) is 60.7 Å². The van der Waals surface area contributed by atoms with Gasteiger partial charge in [-0.05, 0) is 6.54 Å². The summed E-state index contributed by atoms with van der Waals surface area (Å²) in [6, 6.07) is 18.1. The Kier molecular flexibility index (Phi) is 5.09. The van der Waals surface area contributed by atoms with E-state index in [2.05, 4.69) is 4.90 Å². The maximum absolute atomic E-state index is 12.7. The Balaban J connectivity index is 1.91. The van der Waals surface area contributed by atoms with Crippen molar-refractivity contribution in [3.8, 4) is 0 Å². The summed E-state index contributed by atoms with van der Waals surface area (Å²) in [7, 11) is 0. The standard InChI is InChI=1S/C20H23NO3/c1-2-21-13-14-24-20(23,17-11-7-4-8-12-17)19(21)15-18(22)16-9-5-3-6-10-16/h3-12,19,23H,2,13-15H2,1H3/t19-,20-/m1/s1. The summed E-state index contributed by atoms with van der Waals surface area (Å²) in [5.74, 6) is -1.46. The van der Waals surface area contributed by atoms with E-state index in [1.165, 1.54) is 0 Å². The molecule has 0 saturated carbocycles. The first-order valence-electron chi connectivity index (χ1n) is 8.39. The van der Waals surface area contributed by atoms with Gasteiger partial charge in [-0.3, -0.25) is 9.69 Å². The summed E-state index contributed by atoms with van der Waals surface area (Å²) in [4.78, 5) is 14.8. The van der Waals surface area contributed by atoms with Crippen LogP contribution in [0.3, 0.4) is 0 Å². The first kappa shape index (κ1) is 16.8. The number of hydrogen-bond acceptors (Lipinski definition) is 4. The Bertz CT molecular complexity index is 674. The van der Waals surface area contributed by atoms with Crippen LogP contribution in [0.2, 0.25) is 0 Å². The van der Waals surface area contributed by atoms with Crippen molar-refractivity contribution in [2.45, 2.75) is 25.2 Å². The minimum Gasteiger partial charge on any atom is -0.361 e. The van der Waals surface area contributed by atoms with Gasteiger partial charge in [-0.15, -0.1) is 0 Å². The van der Waals surface area contributed by atoms with Crippen LogP contribution in [0.1, 0.15) is 29.3 Å². The quantitative estimate of drug-likeness (QED) is 0.859. The molecule has 0 aliphatic carbocycles. The number of likely N-dealkylation sites (N-methyl/N-ethyl adjacent to an activating group) is 1. The number of ether oxygens (including phenoxy) is 1. The summed E-state index contributed by atoms with van der Waals surface area (Å²) < 4.78 is 5.79. The van der Waals surface area contributed by atoms with E-state index in [1.54, 1.807) is 0 Å². The molecular weight excluding hydrogens is 302 g/mol. The topological polar surface area (TPSA) is 49.8 Å². The van der Waals surface area contributed by atoms with Gasteiger partial charge in [-0.1, -0.05) is 67.6 Å². The lowest BCUT2D eigenvalue weighted by atomic mass is 9.89. The highest BCUT2D eigenvalue weighted by molar-refractivity contribution is 5.96. The molecule has 1 saturated heterocycles. The van der Waals surface area contributed by atoms with E-state index in [9.17, 15) is 9.90 Å². The number of rotatable bonds is 5. The zero-order valence-corrected chi connectivity index (χ0v) is 13.9. The second-order valence-corrected chi connectivity index (χ2v) is 6.05. The van der Waals surface area contributed by atoms with E-state index < -0.39 is 11.8 Å². The number of Topliss-reactive ketones (excluding diaryl/α,β-unsaturated/α-hetero) is 1. The number of carbonyl (C=O) groups is 1. The summed E-state index contributed by atoms with van der Waals surface area (Å²) in [5.41, 5.74) is 1.35. The minimum absolute atomic E-state index is 0.0129. The summed E-state index contributed by atoms with van der Waals surface area (Å²) >= 11 is 0. The average Bonchev–Trinajstić information content (AvgIpc) is 2.64. The number of benzene rings is 2. The highest BCUT2D eigenvalue weighted by Crippen LogP contribution is 2.35. The fourth-order valence-electron chi connectivity index (χ4n) is 3.33. The van der Waals surface area contributed by atoms with E-state index in [-0.39, 0.29) is 12.2 Å². The lowest BCUT2D eigenvalue weighted by Gasteiger charge is -2.46. The second kappa shape index (κ2) is 7.26. The third-order valence-corrected chi connectivity index (χ3v) is 4.66. The molecule has 0 unspecified atom stereocenters. The zero-order chi connectivity index (χ0) is 17.0. The Hall–Kier alpha value is -2.01. The fourth-order valence-corrected chi connectivity index (χ4v) is 3.33. The number of nitrogens with zero attached hydrogens (tertiary/aromatic N) is 1. The van der Waals surface area contributed by atoms with Gasteiger partial charge in [0.1, 0.15) is 0 Å². The lowest BCUT2D eigenvalue weighted by Crippen LogP contribution is -2.58. The molecule has 0 aromatic heterocycles. The van der Waals surface area contributed by atoms with Crippen molar-refractivity contribution in [1.29, 1.82) is 0 Å². The van der Waals surface area contributed by atoms with Gasteiger partial charge in [0.2, 0.25) is 5.79 Å².